The van der Waals surface area contributed by atoms with E-state index in [2.05, 4.69) is 88.1 Å². The molecule has 6 rings (SSSR count). The molecule has 3 nitrogen and oxygen atoms in total. The Kier molecular flexibility index (Phi) is 4.78. The van der Waals surface area contributed by atoms with Gasteiger partial charge < -0.3 is 5.32 Å². The van der Waals surface area contributed by atoms with E-state index in [9.17, 15) is 0 Å². The van der Waals surface area contributed by atoms with Gasteiger partial charge in [0.25, 0.3) is 0 Å². The van der Waals surface area contributed by atoms with Gasteiger partial charge in [0.15, 0.2) is 0 Å². The molecule has 2 heterocycles. The summed E-state index contributed by atoms with van der Waals surface area (Å²) in [5.41, 5.74) is 8.67. The zero-order valence-electron chi connectivity index (χ0n) is 17.9. The maximum atomic E-state index is 4.58. The van der Waals surface area contributed by atoms with Gasteiger partial charge in [-0.1, -0.05) is 60.7 Å². The van der Waals surface area contributed by atoms with E-state index in [4.69, 9.17) is 0 Å². The van der Waals surface area contributed by atoms with Crippen LogP contribution in [0.1, 0.15) is 0 Å². The normalized spacial score (nSPS) is 11.0. The first-order valence-electron chi connectivity index (χ1n) is 11.0. The lowest BCUT2D eigenvalue weighted by Crippen LogP contribution is -1.91. The number of hydrogen-bond donors (Lipinski definition) is 1. The monoisotopic (exact) mass is 423 g/mol. The standard InChI is InChI=1S/C30H21N3/c1-3-7-29-23(5-1)17-25(19-31-29)21-9-13-27(14-10-21)33-28-15-11-22(12-16-28)26-18-24-6-2-4-8-30(24)32-20-26/h1-20,33H. The highest BCUT2D eigenvalue weighted by molar-refractivity contribution is 5.85. The lowest BCUT2D eigenvalue weighted by Gasteiger charge is -2.10. The van der Waals surface area contributed by atoms with Gasteiger partial charge in [-0.15, -0.1) is 0 Å². The van der Waals surface area contributed by atoms with Crippen LogP contribution in [0.3, 0.4) is 0 Å². The SMILES string of the molecule is c1ccc2ncc(-c3ccc(Nc4ccc(-c5cnc6ccccc6c5)cc4)cc3)cc2c1. The third kappa shape index (κ3) is 3.92. The molecule has 3 heteroatoms. The minimum absolute atomic E-state index is 1.02. The van der Waals surface area contributed by atoms with Crippen molar-refractivity contribution in [2.75, 3.05) is 5.32 Å². The Labute approximate surface area is 192 Å². The van der Waals surface area contributed by atoms with Gasteiger partial charge in [-0.3, -0.25) is 9.97 Å². The number of hydrogen-bond acceptors (Lipinski definition) is 3. The topological polar surface area (TPSA) is 37.8 Å². The number of fused-ring (bicyclic) bond motifs is 2. The molecule has 0 aliphatic heterocycles. The molecule has 1 N–H and O–H groups in total. The average molecular weight is 424 g/mol. The Hall–Kier alpha value is -4.50. The van der Waals surface area contributed by atoms with Gasteiger partial charge >= 0.3 is 0 Å². The average Bonchev–Trinajstić information content (AvgIpc) is 2.89. The third-order valence-electron chi connectivity index (χ3n) is 5.91. The fourth-order valence-electron chi connectivity index (χ4n) is 4.12. The molecule has 0 aliphatic carbocycles. The van der Waals surface area contributed by atoms with Crippen molar-refractivity contribution in [3.63, 3.8) is 0 Å². The molecule has 0 bridgehead atoms. The largest absolute Gasteiger partial charge is 0.356 e. The van der Waals surface area contributed by atoms with E-state index < -0.39 is 0 Å². The van der Waals surface area contributed by atoms with Crippen molar-refractivity contribution in [2.24, 2.45) is 0 Å². The van der Waals surface area contributed by atoms with Crippen molar-refractivity contribution < 1.29 is 0 Å². The van der Waals surface area contributed by atoms with Crippen LogP contribution in [0.15, 0.2) is 122 Å². The maximum absolute atomic E-state index is 4.58. The number of nitrogens with one attached hydrogen (secondary N) is 1. The zero-order chi connectivity index (χ0) is 22.0. The van der Waals surface area contributed by atoms with Crippen LogP contribution in [0.25, 0.3) is 44.1 Å². The van der Waals surface area contributed by atoms with Gasteiger partial charge in [0.1, 0.15) is 0 Å². The summed E-state index contributed by atoms with van der Waals surface area (Å²) in [5, 5.41) is 5.79. The van der Waals surface area contributed by atoms with Gasteiger partial charge in [-0.25, -0.2) is 0 Å². The third-order valence-corrected chi connectivity index (χ3v) is 5.91. The Bertz CT molecular complexity index is 1450. The van der Waals surface area contributed by atoms with E-state index in [1.807, 2.05) is 48.8 Å². The van der Waals surface area contributed by atoms with E-state index in [1.165, 1.54) is 0 Å². The summed E-state index contributed by atoms with van der Waals surface area (Å²) in [6, 6.07) is 37.7. The molecule has 0 fully saturated rings. The fraction of sp³-hybridized carbons (Fsp3) is 0. The molecule has 0 amide bonds. The number of rotatable bonds is 4. The second kappa shape index (κ2) is 8.21. The second-order valence-corrected chi connectivity index (χ2v) is 8.11. The van der Waals surface area contributed by atoms with Crippen molar-refractivity contribution in [1.82, 2.24) is 9.97 Å². The van der Waals surface area contributed by atoms with E-state index in [-0.39, 0.29) is 0 Å². The molecule has 6 aromatic rings. The molecule has 33 heavy (non-hydrogen) atoms. The van der Waals surface area contributed by atoms with Crippen molar-refractivity contribution in [3.8, 4) is 22.3 Å². The Balaban J connectivity index is 1.20. The summed E-state index contributed by atoms with van der Waals surface area (Å²) in [6.07, 6.45) is 3.87. The number of pyridine rings is 2. The van der Waals surface area contributed by atoms with Crippen LogP contribution in [0.2, 0.25) is 0 Å². The molecular formula is C30H21N3. The lowest BCUT2D eigenvalue weighted by molar-refractivity contribution is 1.40. The molecule has 0 aliphatic rings. The first kappa shape index (κ1) is 19.2. The van der Waals surface area contributed by atoms with Crippen LogP contribution in [0.5, 0.6) is 0 Å². The predicted molar refractivity (Wildman–Crippen MR) is 138 cm³/mol. The van der Waals surface area contributed by atoms with Crippen LogP contribution >= 0.6 is 0 Å². The van der Waals surface area contributed by atoms with E-state index in [1.54, 1.807) is 0 Å². The van der Waals surface area contributed by atoms with Gasteiger partial charge in [0.05, 0.1) is 11.0 Å². The van der Waals surface area contributed by atoms with Crippen LogP contribution in [0.4, 0.5) is 11.4 Å². The number of aromatic nitrogens is 2. The first-order chi connectivity index (χ1) is 16.3. The highest BCUT2D eigenvalue weighted by Gasteiger charge is 2.04. The molecule has 156 valence electrons. The van der Waals surface area contributed by atoms with Gasteiger partial charge in [-0.05, 0) is 59.7 Å². The summed E-state index contributed by atoms with van der Waals surface area (Å²) in [5.74, 6) is 0. The summed E-state index contributed by atoms with van der Waals surface area (Å²) in [4.78, 5) is 9.16. The molecule has 0 radical (unpaired) electrons. The first-order valence-corrected chi connectivity index (χ1v) is 11.0. The molecule has 0 saturated heterocycles. The van der Waals surface area contributed by atoms with E-state index >= 15 is 0 Å². The van der Waals surface area contributed by atoms with Crippen LogP contribution in [0, 0.1) is 0 Å². The number of anilines is 2. The molecule has 0 spiro atoms. The van der Waals surface area contributed by atoms with Crippen molar-refractivity contribution in [1.29, 1.82) is 0 Å². The Morgan fingerprint density at radius 1 is 0.424 bits per heavy atom. The summed E-state index contributed by atoms with van der Waals surface area (Å²) in [7, 11) is 0. The molecular weight excluding hydrogens is 402 g/mol. The van der Waals surface area contributed by atoms with Gasteiger partial charge in [0.2, 0.25) is 0 Å². The quantitative estimate of drug-likeness (QED) is 0.314. The van der Waals surface area contributed by atoms with Crippen LogP contribution in [-0.2, 0) is 0 Å². The van der Waals surface area contributed by atoms with Crippen LogP contribution < -0.4 is 5.32 Å². The van der Waals surface area contributed by atoms with Crippen molar-refractivity contribution >= 4 is 33.2 Å². The molecule has 0 saturated carbocycles. The van der Waals surface area contributed by atoms with E-state index in [0.29, 0.717) is 0 Å². The van der Waals surface area contributed by atoms with Crippen molar-refractivity contribution in [2.45, 2.75) is 0 Å². The zero-order valence-corrected chi connectivity index (χ0v) is 17.9. The van der Waals surface area contributed by atoms with Gasteiger partial charge in [0, 0.05) is 45.7 Å². The minimum Gasteiger partial charge on any atom is -0.356 e. The van der Waals surface area contributed by atoms with Gasteiger partial charge in [-0.2, -0.15) is 0 Å². The lowest BCUT2D eigenvalue weighted by atomic mass is 10.0. The second-order valence-electron chi connectivity index (χ2n) is 8.11. The number of benzene rings is 4. The highest BCUT2D eigenvalue weighted by atomic mass is 14.9. The van der Waals surface area contributed by atoms with Crippen LogP contribution in [-0.4, -0.2) is 9.97 Å². The molecule has 0 unspecified atom stereocenters. The minimum atomic E-state index is 1.02. The number of para-hydroxylation sites is 2. The Morgan fingerprint density at radius 2 is 0.848 bits per heavy atom. The summed E-state index contributed by atoms with van der Waals surface area (Å²) in [6.45, 7) is 0. The smallest absolute Gasteiger partial charge is 0.0702 e. The summed E-state index contributed by atoms with van der Waals surface area (Å²) >= 11 is 0. The van der Waals surface area contributed by atoms with Crippen molar-refractivity contribution in [3.05, 3.63) is 122 Å². The summed E-state index contributed by atoms with van der Waals surface area (Å²) < 4.78 is 0. The predicted octanol–water partition coefficient (Wildman–Crippen LogP) is 7.86. The Morgan fingerprint density at radius 3 is 1.30 bits per heavy atom. The molecule has 4 aromatic carbocycles. The molecule has 2 aromatic heterocycles. The molecule has 0 atom stereocenters. The highest BCUT2D eigenvalue weighted by Crippen LogP contribution is 2.27. The maximum Gasteiger partial charge on any atom is 0.0702 e. The fourth-order valence-corrected chi connectivity index (χ4v) is 4.12. The van der Waals surface area contributed by atoms with E-state index in [0.717, 1.165) is 55.4 Å². The number of nitrogens with zero attached hydrogens (tertiary/aromatic N) is 2.